The minimum Gasteiger partial charge on any atom is -0.463 e. The van der Waals surface area contributed by atoms with E-state index in [9.17, 15) is 32.3 Å². The molecule has 1 aliphatic heterocycles. The Kier molecular flexibility index (Phi) is 12.7. The van der Waals surface area contributed by atoms with Crippen molar-refractivity contribution in [3.8, 4) is 5.75 Å². The molecule has 1 saturated heterocycles. The molecule has 0 N–H and O–H groups in total. The Hall–Kier alpha value is -4.62. The molecule has 4 rings (SSSR count). The molecule has 2 amide bonds. The van der Waals surface area contributed by atoms with Crippen molar-refractivity contribution in [2.24, 2.45) is 5.92 Å². The first-order chi connectivity index (χ1) is 25.4. The van der Waals surface area contributed by atoms with Crippen LogP contribution in [0.2, 0.25) is 5.28 Å². The number of hydrogen-bond donors (Lipinski definition) is 0. The van der Waals surface area contributed by atoms with E-state index in [4.69, 9.17) is 35.3 Å². The lowest BCUT2D eigenvalue weighted by molar-refractivity contribution is -0.274. The Labute approximate surface area is 318 Å². The molecule has 15 nitrogen and oxygen atoms in total. The number of benzene rings is 1. The third kappa shape index (κ3) is 10.4. The lowest BCUT2D eigenvalue weighted by atomic mass is 9.90. The quantitative estimate of drug-likeness (QED) is 0.0634. The summed E-state index contributed by atoms with van der Waals surface area (Å²) in [5.74, 6) is -3.95. The van der Waals surface area contributed by atoms with Gasteiger partial charge in [0, 0.05) is 12.3 Å². The molecule has 0 radical (unpaired) electrons. The fraction of sp³-hybridized carbons (Fsp3) is 0.571. The van der Waals surface area contributed by atoms with Crippen molar-refractivity contribution < 1.29 is 65.2 Å². The number of esters is 1. The number of Topliss-reactive ketones (excluding diaryl/α,β-unsaturated/α-hetero) is 1. The number of aromatic nitrogens is 4. The highest BCUT2D eigenvalue weighted by molar-refractivity contribution is 6.29. The van der Waals surface area contributed by atoms with Gasteiger partial charge >= 0.3 is 24.5 Å². The smallest absolute Gasteiger partial charge is 0.463 e. The number of halogens is 5. The Morgan fingerprint density at radius 1 is 1.00 bits per heavy atom. The highest BCUT2D eigenvalue weighted by Crippen LogP contribution is 2.40. The number of nitrogens with zero attached hydrogens (tertiary/aromatic N) is 5. The summed E-state index contributed by atoms with van der Waals surface area (Å²) in [4.78, 5) is 66.2. The van der Waals surface area contributed by atoms with Crippen LogP contribution in [0.15, 0.2) is 30.6 Å². The van der Waals surface area contributed by atoms with Crippen LogP contribution < -0.4 is 9.64 Å². The molecule has 302 valence electrons. The van der Waals surface area contributed by atoms with Crippen LogP contribution in [-0.2, 0) is 39.7 Å². The van der Waals surface area contributed by atoms with Crippen molar-refractivity contribution in [3.05, 3.63) is 41.4 Å². The highest BCUT2D eigenvalue weighted by atomic mass is 35.5. The molecule has 0 aliphatic carbocycles. The van der Waals surface area contributed by atoms with Gasteiger partial charge in [-0.05, 0) is 84.7 Å². The number of carbonyl (C=O) groups excluding carboxylic acids is 4. The van der Waals surface area contributed by atoms with E-state index in [0.29, 0.717) is 4.90 Å². The summed E-state index contributed by atoms with van der Waals surface area (Å²) < 4.78 is 88.1. The first-order valence-corrected chi connectivity index (χ1v) is 17.4. The van der Waals surface area contributed by atoms with E-state index in [1.165, 1.54) is 26.0 Å². The molecule has 0 bridgehead atoms. The largest absolute Gasteiger partial charge is 0.573 e. The van der Waals surface area contributed by atoms with E-state index in [2.05, 4.69) is 19.7 Å². The lowest BCUT2D eigenvalue weighted by Gasteiger charge is -2.31. The van der Waals surface area contributed by atoms with Gasteiger partial charge in [-0.15, -0.1) is 13.2 Å². The average molecular weight is 804 g/mol. The van der Waals surface area contributed by atoms with E-state index < -0.39 is 101 Å². The molecule has 1 fully saturated rings. The summed E-state index contributed by atoms with van der Waals surface area (Å²) in [6.45, 7) is 12.7. The number of alkyl halides is 4. The lowest BCUT2D eigenvalue weighted by Crippen LogP contribution is -2.52. The minimum absolute atomic E-state index is 0.0655. The van der Waals surface area contributed by atoms with Gasteiger partial charge in [0.1, 0.15) is 17.0 Å². The number of rotatable bonds is 11. The van der Waals surface area contributed by atoms with Crippen molar-refractivity contribution in [2.75, 3.05) is 18.1 Å². The Morgan fingerprint density at radius 3 is 2.16 bits per heavy atom. The maximum Gasteiger partial charge on any atom is 0.573 e. The molecule has 0 saturated carbocycles. The van der Waals surface area contributed by atoms with Crippen molar-refractivity contribution in [1.82, 2.24) is 19.5 Å². The predicted octanol–water partition coefficient (Wildman–Crippen LogP) is 7.08. The van der Waals surface area contributed by atoms with E-state index in [-0.39, 0.29) is 23.3 Å². The number of fused-ring (bicyclic) bond motifs is 1. The topological polar surface area (TPSA) is 170 Å². The highest BCUT2D eigenvalue weighted by Gasteiger charge is 2.50. The zero-order valence-electron chi connectivity index (χ0n) is 31.5. The Morgan fingerprint density at radius 2 is 1.62 bits per heavy atom. The van der Waals surface area contributed by atoms with E-state index >= 15 is 4.39 Å². The van der Waals surface area contributed by atoms with Crippen LogP contribution in [0.1, 0.15) is 74.1 Å². The van der Waals surface area contributed by atoms with Crippen molar-refractivity contribution in [1.29, 1.82) is 0 Å². The van der Waals surface area contributed by atoms with Crippen LogP contribution in [0, 0.1) is 5.92 Å². The first kappa shape index (κ1) is 43.1. The fourth-order valence-corrected chi connectivity index (χ4v) is 5.66. The molecule has 0 spiro atoms. The van der Waals surface area contributed by atoms with Crippen molar-refractivity contribution in [2.45, 2.75) is 110 Å². The van der Waals surface area contributed by atoms with E-state index in [0.717, 1.165) is 30.0 Å². The molecular formula is C35H42ClF4N5O10. The van der Waals surface area contributed by atoms with Gasteiger partial charge in [0.2, 0.25) is 10.9 Å². The van der Waals surface area contributed by atoms with Gasteiger partial charge in [0.15, 0.2) is 35.2 Å². The number of imide groups is 1. The maximum atomic E-state index is 16.2. The van der Waals surface area contributed by atoms with Crippen LogP contribution >= 0.6 is 11.6 Å². The second-order valence-corrected chi connectivity index (χ2v) is 14.9. The number of hydrogen-bond acceptors (Lipinski definition) is 13. The zero-order chi connectivity index (χ0) is 41.3. The Bertz CT molecular complexity index is 1890. The van der Waals surface area contributed by atoms with Gasteiger partial charge in [-0.2, -0.15) is 14.9 Å². The van der Waals surface area contributed by atoms with Gasteiger partial charge in [-0.1, -0.05) is 19.1 Å². The minimum atomic E-state index is -5.00. The summed E-state index contributed by atoms with van der Waals surface area (Å²) in [7, 11) is 0. The average Bonchev–Trinajstić information content (AvgIpc) is 3.56. The number of amides is 2. The van der Waals surface area contributed by atoms with Crippen LogP contribution in [0.25, 0.3) is 11.2 Å². The molecule has 5 atom stereocenters. The normalized spacial score (nSPS) is 20.1. The molecule has 1 aromatic carbocycles. The molecule has 1 unspecified atom stereocenters. The monoisotopic (exact) mass is 803 g/mol. The summed E-state index contributed by atoms with van der Waals surface area (Å²) in [6, 6.07) is 4.64. The molecule has 20 heteroatoms. The number of ketones is 1. The third-order valence-corrected chi connectivity index (χ3v) is 8.11. The molecule has 2 aromatic heterocycles. The molecule has 3 aromatic rings. The summed E-state index contributed by atoms with van der Waals surface area (Å²) in [6.07, 6.45) is -11.2. The maximum absolute atomic E-state index is 16.2. The number of imidazole rings is 1. The number of anilines is 1. The fourth-order valence-electron chi connectivity index (χ4n) is 5.50. The standard InChI is InChI=1S/C35H42ClF4N5O10/c1-10-50-28(47)34(19(3)46,15-20-12-11-13-21(14-20)53-35(38,39)40)51-16-22-18(2)23(37)27(52-22)44-17-41-24-25(44)42-29(36)43-26(24)45(30(48)54-32(4,5)6)31(49)55-33(7,8)9/h11-14,17-18,22-23,27H,10,15-16H2,1-9H3/t18-,22-,23+,27-,34?/m1/s1. The van der Waals surface area contributed by atoms with Crippen LogP contribution in [0.4, 0.5) is 33.0 Å². The van der Waals surface area contributed by atoms with Gasteiger partial charge in [0.25, 0.3) is 0 Å². The second kappa shape index (κ2) is 16.2. The first-order valence-electron chi connectivity index (χ1n) is 17.0. The van der Waals surface area contributed by atoms with Gasteiger partial charge in [-0.25, -0.2) is 23.8 Å². The molecular weight excluding hydrogens is 762 g/mol. The molecule has 3 heterocycles. The second-order valence-electron chi connectivity index (χ2n) is 14.6. The molecule has 1 aliphatic rings. The van der Waals surface area contributed by atoms with E-state index in [1.54, 1.807) is 41.5 Å². The van der Waals surface area contributed by atoms with Crippen LogP contribution in [0.5, 0.6) is 5.75 Å². The third-order valence-electron chi connectivity index (χ3n) is 7.94. The molecule has 55 heavy (non-hydrogen) atoms. The predicted molar refractivity (Wildman–Crippen MR) is 186 cm³/mol. The summed E-state index contributed by atoms with van der Waals surface area (Å²) >= 11 is 6.28. The van der Waals surface area contributed by atoms with Gasteiger partial charge in [0.05, 0.1) is 25.6 Å². The number of ether oxygens (including phenoxy) is 6. The SMILES string of the molecule is CCOC(=O)C(Cc1cccc(OC(F)(F)F)c1)(OC[C@H]1O[C@@H](n2cnc3c(N(C(=O)OC(C)(C)C)C(=O)OC(C)(C)C)nc(Cl)nc32)[C@@H](F)[C@@H]1C)C(C)=O. The number of carbonyl (C=O) groups is 4. The van der Waals surface area contributed by atoms with Crippen LogP contribution in [-0.4, -0.2) is 92.1 Å². The van der Waals surface area contributed by atoms with Crippen molar-refractivity contribution in [3.63, 3.8) is 0 Å². The van der Waals surface area contributed by atoms with Gasteiger partial charge in [-0.3, -0.25) is 9.36 Å². The zero-order valence-corrected chi connectivity index (χ0v) is 32.3. The Balaban J connectivity index is 1.68. The summed E-state index contributed by atoms with van der Waals surface area (Å²) in [5.41, 5.74) is -4.76. The van der Waals surface area contributed by atoms with Crippen molar-refractivity contribution >= 4 is 52.5 Å². The van der Waals surface area contributed by atoms with Crippen LogP contribution in [0.3, 0.4) is 0 Å². The van der Waals surface area contributed by atoms with Gasteiger partial charge < -0.3 is 28.4 Å². The summed E-state index contributed by atoms with van der Waals surface area (Å²) in [5, 5.41) is -0.465. The van der Waals surface area contributed by atoms with E-state index in [1.807, 2.05) is 0 Å².